The molecular formula is C16H22ClFN2O. The molecule has 2 N–H and O–H groups in total. The fraction of sp³-hybridized carbons (Fsp3) is 0.625. The van der Waals surface area contributed by atoms with Crippen LogP contribution in [0.2, 0.25) is 5.02 Å². The van der Waals surface area contributed by atoms with E-state index in [0.717, 1.165) is 31.6 Å². The Hall–Kier alpha value is -0.680. The maximum atomic E-state index is 13.3. The summed E-state index contributed by atoms with van der Waals surface area (Å²) in [4.78, 5) is 2.42. The number of halogens is 2. The minimum Gasteiger partial charge on any atom is -0.375 e. The highest BCUT2D eigenvalue weighted by Gasteiger charge is 2.38. The molecule has 3 rings (SSSR count). The second-order valence-electron chi connectivity index (χ2n) is 5.92. The summed E-state index contributed by atoms with van der Waals surface area (Å²) in [6.45, 7) is 2.07. The highest BCUT2D eigenvalue weighted by atomic mass is 35.5. The van der Waals surface area contributed by atoms with Crippen molar-refractivity contribution in [1.29, 1.82) is 0 Å². The van der Waals surface area contributed by atoms with Crippen molar-refractivity contribution in [2.24, 2.45) is 5.73 Å². The normalized spacial score (nSPS) is 28.1. The van der Waals surface area contributed by atoms with Crippen LogP contribution in [0.15, 0.2) is 18.2 Å². The Bertz CT molecular complexity index is 497. The van der Waals surface area contributed by atoms with Gasteiger partial charge in [0.15, 0.2) is 0 Å². The third-order valence-electron chi connectivity index (χ3n) is 4.72. The Morgan fingerprint density at radius 3 is 2.95 bits per heavy atom. The minimum atomic E-state index is -0.308. The summed E-state index contributed by atoms with van der Waals surface area (Å²) in [5, 5.41) is 0.462. The number of nitrogens with zero attached hydrogens (tertiary/aromatic N) is 1. The SMILES string of the molecule is NCC(c1ccc(F)cc1Cl)N1CCOC2CCCCC21. The van der Waals surface area contributed by atoms with Crippen LogP contribution in [-0.2, 0) is 4.74 Å². The number of ether oxygens (including phenoxy) is 1. The van der Waals surface area contributed by atoms with Crippen molar-refractivity contribution in [1.82, 2.24) is 4.90 Å². The van der Waals surface area contributed by atoms with Crippen LogP contribution in [0.25, 0.3) is 0 Å². The summed E-state index contributed by atoms with van der Waals surface area (Å²) in [6.07, 6.45) is 5.03. The van der Waals surface area contributed by atoms with Crippen molar-refractivity contribution in [2.45, 2.75) is 43.9 Å². The molecule has 3 atom stereocenters. The van der Waals surface area contributed by atoms with Crippen molar-refractivity contribution in [3.05, 3.63) is 34.6 Å². The van der Waals surface area contributed by atoms with Gasteiger partial charge < -0.3 is 10.5 Å². The molecule has 1 heterocycles. The molecule has 1 aromatic carbocycles. The summed E-state index contributed by atoms with van der Waals surface area (Å²) >= 11 is 6.24. The van der Waals surface area contributed by atoms with Crippen LogP contribution in [-0.4, -0.2) is 36.7 Å². The van der Waals surface area contributed by atoms with Crippen molar-refractivity contribution in [3.63, 3.8) is 0 Å². The Labute approximate surface area is 130 Å². The third kappa shape index (κ3) is 3.09. The molecule has 0 bridgehead atoms. The van der Waals surface area contributed by atoms with Gasteiger partial charge in [-0.05, 0) is 30.5 Å². The maximum absolute atomic E-state index is 13.3. The average molecular weight is 313 g/mol. The molecule has 21 heavy (non-hydrogen) atoms. The largest absolute Gasteiger partial charge is 0.375 e. The summed E-state index contributed by atoms with van der Waals surface area (Å²) in [6, 6.07) is 5.04. The van der Waals surface area contributed by atoms with Crippen LogP contribution in [0.3, 0.4) is 0 Å². The number of benzene rings is 1. The van der Waals surface area contributed by atoms with Crippen LogP contribution in [0, 0.1) is 5.82 Å². The van der Waals surface area contributed by atoms with E-state index in [1.165, 1.54) is 25.0 Å². The fourth-order valence-corrected chi connectivity index (χ4v) is 4.02. The molecule has 2 aliphatic rings. The average Bonchev–Trinajstić information content (AvgIpc) is 2.50. The molecule has 3 nitrogen and oxygen atoms in total. The molecule has 1 aliphatic carbocycles. The molecule has 1 aliphatic heterocycles. The van der Waals surface area contributed by atoms with Gasteiger partial charge in [-0.1, -0.05) is 30.5 Å². The lowest BCUT2D eigenvalue weighted by Gasteiger charge is -2.47. The highest BCUT2D eigenvalue weighted by Crippen LogP contribution is 2.36. The molecule has 3 unspecified atom stereocenters. The van der Waals surface area contributed by atoms with Crippen molar-refractivity contribution < 1.29 is 9.13 Å². The monoisotopic (exact) mass is 312 g/mol. The van der Waals surface area contributed by atoms with E-state index in [1.54, 1.807) is 6.07 Å². The molecule has 116 valence electrons. The smallest absolute Gasteiger partial charge is 0.124 e. The summed E-state index contributed by atoms with van der Waals surface area (Å²) in [7, 11) is 0. The molecule has 0 spiro atoms. The minimum absolute atomic E-state index is 0.0348. The second kappa shape index (κ2) is 6.61. The predicted octanol–water partition coefficient (Wildman–Crippen LogP) is 3.12. The summed E-state index contributed by atoms with van der Waals surface area (Å²) < 4.78 is 19.2. The zero-order chi connectivity index (χ0) is 14.8. The Morgan fingerprint density at radius 2 is 2.19 bits per heavy atom. The van der Waals surface area contributed by atoms with Crippen LogP contribution in [0.4, 0.5) is 4.39 Å². The first-order chi connectivity index (χ1) is 10.2. The first-order valence-electron chi connectivity index (χ1n) is 7.73. The van der Waals surface area contributed by atoms with Gasteiger partial charge in [-0.25, -0.2) is 4.39 Å². The number of hydrogen-bond donors (Lipinski definition) is 1. The summed E-state index contributed by atoms with van der Waals surface area (Å²) in [5.74, 6) is -0.308. The lowest BCUT2D eigenvalue weighted by Crippen LogP contribution is -2.54. The number of hydrogen-bond acceptors (Lipinski definition) is 3. The Balaban J connectivity index is 1.87. The molecule has 1 saturated heterocycles. The predicted molar refractivity (Wildman–Crippen MR) is 81.9 cm³/mol. The molecular weight excluding hydrogens is 291 g/mol. The first-order valence-corrected chi connectivity index (χ1v) is 8.11. The van der Waals surface area contributed by atoms with E-state index in [9.17, 15) is 4.39 Å². The summed E-state index contributed by atoms with van der Waals surface area (Å²) in [5.41, 5.74) is 6.95. The van der Waals surface area contributed by atoms with Crippen LogP contribution >= 0.6 is 11.6 Å². The lowest BCUT2D eigenvalue weighted by molar-refractivity contribution is -0.102. The third-order valence-corrected chi connectivity index (χ3v) is 5.05. The van der Waals surface area contributed by atoms with Gasteiger partial charge >= 0.3 is 0 Å². The maximum Gasteiger partial charge on any atom is 0.124 e. The molecule has 1 saturated carbocycles. The standard InChI is InChI=1S/C16H22ClFN2O/c17-13-9-11(18)5-6-12(13)15(10-19)20-7-8-21-16-4-2-1-3-14(16)20/h5-6,9,14-16H,1-4,7-8,10,19H2. The van der Waals surface area contributed by atoms with E-state index in [4.69, 9.17) is 22.1 Å². The molecule has 5 heteroatoms. The molecule has 2 fully saturated rings. The second-order valence-corrected chi connectivity index (χ2v) is 6.32. The van der Waals surface area contributed by atoms with E-state index >= 15 is 0 Å². The van der Waals surface area contributed by atoms with Gasteiger partial charge in [0, 0.05) is 30.2 Å². The Kier molecular flexibility index (Phi) is 4.79. The lowest BCUT2D eigenvalue weighted by atomic mass is 9.88. The van der Waals surface area contributed by atoms with Crippen LogP contribution in [0.5, 0.6) is 0 Å². The van der Waals surface area contributed by atoms with Crippen molar-refractivity contribution in [2.75, 3.05) is 19.7 Å². The molecule has 0 aromatic heterocycles. The van der Waals surface area contributed by atoms with E-state index in [-0.39, 0.29) is 11.9 Å². The zero-order valence-electron chi connectivity index (χ0n) is 12.1. The zero-order valence-corrected chi connectivity index (χ0v) is 12.9. The van der Waals surface area contributed by atoms with Crippen molar-refractivity contribution in [3.8, 4) is 0 Å². The quantitative estimate of drug-likeness (QED) is 0.932. The van der Waals surface area contributed by atoms with E-state index < -0.39 is 0 Å². The van der Waals surface area contributed by atoms with Gasteiger partial charge in [0.2, 0.25) is 0 Å². The van der Waals surface area contributed by atoms with Gasteiger partial charge in [-0.15, -0.1) is 0 Å². The van der Waals surface area contributed by atoms with Gasteiger partial charge in [-0.3, -0.25) is 4.90 Å². The van der Waals surface area contributed by atoms with Gasteiger partial charge in [0.05, 0.1) is 12.7 Å². The number of fused-ring (bicyclic) bond motifs is 1. The van der Waals surface area contributed by atoms with Crippen LogP contribution in [0.1, 0.15) is 37.3 Å². The molecule has 0 radical (unpaired) electrons. The molecule has 1 aromatic rings. The van der Waals surface area contributed by atoms with Gasteiger partial charge in [0.25, 0.3) is 0 Å². The van der Waals surface area contributed by atoms with E-state index in [1.807, 2.05) is 0 Å². The molecule has 0 amide bonds. The number of morpholine rings is 1. The van der Waals surface area contributed by atoms with E-state index in [0.29, 0.717) is 23.7 Å². The number of nitrogens with two attached hydrogens (primary N) is 1. The van der Waals surface area contributed by atoms with Crippen molar-refractivity contribution >= 4 is 11.6 Å². The fourth-order valence-electron chi connectivity index (χ4n) is 3.73. The van der Waals surface area contributed by atoms with Gasteiger partial charge in [-0.2, -0.15) is 0 Å². The number of rotatable bonds is 3. The van der Waals surface area contributed by atoms with Gasteiger partial charge in [0.1, 0.15) is 5.82 Å². The first kappa shape index (κ1) is 15.2. The van der Waals surface area contributed by atoms with Crippen LogP contribution < -0.4 is 5.73 Å². The van der Waals surface area contributed by atoms with E-state index in [2.05, 4.69) is 4.90 Å². The Morgan fingerprint density at radius 1 is 1.38 bits per heavy atom. The topological polar surface area (TPSA) is 38.5 Å². The highest BCUT2D eigenvalue weighted by molar-refractivity contribution is 6.31.